The number of hydrogen-bond acceptors (Lipinski definition) is 3. The molecule has 1 aromatic heterocycles. The van der Waals surface area contributed by atoms with Crippen molar-refractivity contribution in [2.45, 2.75) is 20.0 Å². The summed E-state index contributed by atoms with van der Waals surface area (Å²) in [4.78, 5) is 36.9. The minimum atomic E-state index is -0.458. The van der Waals surface area contributed by atoms with Gasteiger partial charge < -0.3 is 10.6 Å². The summed E-state index contributed by atoms with van der Waals surface area (Å²) in [5.41, 5.74) is 1.51. The van der Waals surface area contributed by atoms with Gasteiger partial charge in [0.1, 0.15) is 6.54 Å². The van der Waals surface area contributed by atoms with E-state index in [1.807, 2.05) is 19.1 Å². The maximum absolute atomic E-state index is 12.5. The Morgan fingerprint density at radius 3 is 2.36 bits per heavy atom. The Bertz CT molecular complexity index is 1100. The van der Waals surface area contributed by atoms with Gasteiger partial charge in [-0.3, -0.25) is 18.7 Å². The van der Waals surface area contributed by atoms with E-state index in [1.54, 1.807) is 28.8 Å². The fourth-order valence-electron chi connectivity index (χ4n) is 2.90. The van der Waals surface area contributed by atoms with Gasteiger partial charge >= 0.3 is 5.69 Å². The molecule has 0 aliphatic carbocycles. The van der Waals surface area contributed by atoms with Gasteiger partial charge in [0.15, 0.2) is 0 Å². The first-order valence-electron chi connectivity index (χ1n) is 8.60. The van der Waals surface area contributed by atoms with E-state index in [4.69, 9.17) is 23.2 Å². The number of halogens is 2. The van der Waals surface area contributed by atoms with E-state index in [9.17, 15) is 14.4 Å². The topological polar surface area (TPSA) is 85.1 Å². The molecule has 0 radical (unpaired) electrons. The standard InChI is InChI=1S/C19H18Cl2N4O3/c1-2-24-15-5-3-4-6-16(15)25(19(24)28)11-18(27)22-10-17(26)23-14-9-12(20)7-8-13(14)21/h3-9H,2,10-11H2,1H3,(H,22,27)(H,23,26). The molecule has 2 N–H and O–H groups in total. The Hall–Kier alpha value is -2.77. The lowest BCUT2D eigenvalue weighted by atomic mass is 10.3. The molecule has 1 heterocycles. The quantitative estimate of drug-likeness (QED) is 0.642. The first kappa shape index (κ1) is 20.0. The zero-order valence-electron chi connectivity index (χ0n) is 15.0. The predicted octanol–water partition coefficient (Wildman–Crippen LogP) is 2.88. The van der Waals surface area contributed by atoms with E-state index in [0.29, 0.717) is 27.8 Å². The molecule has 3 aromatic rings. The predicted molar refractivity (Wildman–Crippen MR) is 110 cm³/mol. The van der Waals surface area contributed by atoms with Gasteiger partial charge in [0.2, 0.25) is 11.8 Å². The molecular weight excluding hydrogens is 403 g/mol. The number of benzene rings is 2. The molecular formula is C19H18Cl2N4O3. The van der Waals surface area contributed by atoms with Crippen LogP contribution >= 0.6 is 23.2 Å². The summed E-state index contributed by atoms with van der Waals surface area (Å²) in [6.07, 6.45) is 0. The maximum atomic E-state index is 12.5. The van der Waals surface area contributed by atoms with Crippen LogP contribution in [0.1, 0.15) is 6.92 Å². The van der Waals surface area contributed by atoms with Crippen LogP contribution in [0.2, 0.25) is 10.0 Å². The number of amides is 2. The molecule has 2 aromatic carbocycles. The third kappa shape index (κ3) is 4.21. The van der Waals surface area contributed by atoms with E-state index in [1.165, 1.54) is 10.6 Å². The van der Waals surface area contributed by atoms with Crippen molar-refractivity contribution in [1.29, 1.82) is 0 Å². The summed E-state index contributed by atoms with van der Waals surface area (Å²) >= 11 is 11.9. The number of aromatic nitrogens is 2. The van der Waals surface area contributed by atoms with Crippen molar-refractivity contribution in [2.24, 2.45) is 0 Å². The summed E-state index contributed by atoms with van der Waals surface area (Å²) in [5.74, 6) is -0.908. The van der Waals surface area contributed by atoms with Gasteiger partial charge in [-0.2, -0.15) is 0 Å². The second-order valence-electron chi connectivity index (χ2n) is 6.05. The molecule has 9 heteroatoms. The summed E-state index contributed by atoms with van der Waals surface area (Å²) in [6, 6.07) is 11.9. The Balaban J connectivity index is 1.66. The van der Waals surface area contributed by atoms with Crippen LogP contribution in [0.25, 0.3) is 11.0 Å². The molecule has 146 valence electrons. The first-order chi connectivity index (χ1) is 13.4. The second kappa shape index (κ2) is 8.50. The minimum Gasteiger partial charge on any atom is -0.345 e. The summed E-state index contributed by atoms with van der Waals surface area (Å²) < 4.78 is 2.98. The minimum absolute atomic E-state index is 0.183. The van der Waals surface area contributed by atoms with Crippen molar-refractivity contribution < 1.29 is 9.59 Å². The van der Waals surface area contributed by atoms with Crippen LogP contribution in [0.15, 0.2) is 47.3 Å². The number of rotatable bonds is 6. The van der Waals surface area contributed by atoms with E-state index in [-0.39, 0.29) is 18.8 Å². The number of aryl methyl sites for hydroxylation is 1. The Kier molecular flexibility index (Phi) is 6.06. The number of imidazole rings is 1. The van der Waals surface area contributed by atoms with Crippen LogP contribution < -0.4 is 16.3 Å². The monoisotopic (exact) mass is 420 g/mol. The van der Waals surface area contributed by atoms with Crippen LogP contribution in [-0.4, -0.2) is 27.5 Å². The zero-order valence-corrected chi connectivity index (χ0v) is 16.5. The normalized spacial score (nSPS) is 10.8. The number of fused-ring (bicyclic) bond motifs is 1. The van der Waals surface area contributed by atoms with Crippen LogP contribution in [0.4, 0.5) is 5.69 Å². The average Bonchev–Trinajstić information content (AvgIpc) is 2.94. The van der Waals surface area contributed by atoms with Crippen LogP contribution in [0.5, 0.6) is 0 Å². The Morgan fingerprint density at radius 2 is 1.68 bits per heavy atom. The van der Waals surface area contributed by atoms with Gasteiger partial charge in [0.05, 0.1) is 28.3 Å². The number of hydrogen-bond donors (Lipinski definition) is 2. The smallest absolute Gasteiger partial charge is 0.329 e. The maximum Gasteiger partial charge on any atom is 0.329 e. The highest BCUT2D eigenvalue weighted by Gasteiger charge is 2.15. The lowest BCUT2D eigenvalue weighted by Crippen LogP contribution is -2.37. The summed E-state index contributed by atoms with van der Waals surface area (Å²) in [6.45, 7) is 1.92. The molecule has 0 aliphatic heterocycles. The van der Waals surface area contributed by atoms with Crippen molar-refractivity contribution in [2.75, 3.05) is 11.9 Å². The molecule has 0 fully saturated rings. The summed E-state index contributed by atoms with van der Waals surface area (Å²) in [5, 5.41) is 5.85. The van der Waals surface area contributed by atoms with Gasteiger partial charge in [-0.05, 0) is 37.3 Å². The molecule has 0 saturated carbocycles. The largest absolute Gasteiger partial charge is 0.345 e. The molecule has 0 atom stereocenters. The van der Waals surface area contributed by atoms with Gasteiger partial charge in [0, 0.05) is 11.6 Å². The van der Waals surface area contributed by atoms with Crippen LogP contribution in [-0.2, 0) is 22.7 Å². The van der Waals surface area contributed by atoms with Crippen molar-refractivity contribution in [1.82, 2.24) is 14.5 Å². The number of carbonyl (C=O) groups is 2. The summed E-state index contributed by atoms with van der Waals surface area (Å²) in [7, 11) is 0. The lowest BCUT2D eigenvalue weighted by Gasteiger charge is -2.09. The molecule has 2 amide bonds. The van der Waals surface area contributed by atoms with E-state index in [2.05, 4.69) is 10.6 Å². The lowest BCUT2D eigenvalue weighted by molar-refractivity contribution is -0.124. The second-order valence-corrected chi connectivity index (χ2v) is 6.89. The fourth-order valence-corrected chi connectivity index (χ4v) is 3.23. The third-order valence-electron chi connectivity index (χ3n) is 4.19. The van der Waals surface area contributed by atoms with Crippen molar-refractivity contribution in [3.8, 4) is 0 Å². The number of anilines is 1. The molecule has 0 spiro atoms. The highest BCUT2D eigenvalue weighted by molar-refractivity contribution is 6.35. The van der Waals surface area contributed by atoms with E-state index < -0.39 is 11.8 Å². The van der Waals surface area contributed by atoms with Crippen molar-refractivity contribution in [3.05, 3.63) is 63.0 Å². The first-order valence-corrected chi connectivity index (χ1v) is 9.36. The molecule has 0 aliphatic rings. The molecule has 0 unspecified atom stereocenters. The van der Waals surface area contributed by atoms with E-state index >= 15 is 0 Å². The van der Waals surface area contributed by atoms with Crippen LogP contribution in [0, 0.1) is 0 Å². The molecule has 7 nitrogen and oxygen atoms in total. The SMILES string of the molecule is CCn1c(=O)n(CC(=O)NCC(=O)Nc2cc(Cl)ccc2Cl)c2ccccc21. The molecule has 28 heavy (non-hydrogen) atoms. The number of carbonyl (C=O) groups excluding carboxylic acids is 2. The Morgan fingerprint density at radius 1 is 1.00 bits per heavy atom. The van der Waals surface area contributed by atoms with E-state index in [0.717, 1.165) is 5.52 Å². The van der Waals surface area contributed by atoms with Gasteiger partial charge in [0.25, 0.3) is 0 Å². The van der Waals surface area contributed by atoms with Crippen molar-refractivity contribution in [3.63, 3.8) is 0 Å². The molecule has 0 saturated heterocycles. The molecule has 0 bridgehead atoms. The fraction of sp³-hybridized carbons (Fsp3) is 0.211. The highest BCUT2D eigenvalue weighted by Crippen LogP contribution is 2.25. The third-order valence-corrected chi connectivity index (χ3v) is 4.76. The molecule has 3 rings (SSSR count). The Labute approximate surface area is 170 Å². The zero-order chi connectivity index (χ0) is 20.3. The number of para-hydroxylation sites is 2. The van der Waals surface area contributed by atoms with Crippen molar-refractivity contribution >= 4 is 51.7 Å². The van der Waals surface area contributed by atoms with Gasteiger partial charge in [-0.25, -0.2) is 4.79 Å². The average molecular weight is 421 g/mol. The van der Waals surface area contributed by atoms with Crippen LogP contribution in [0.3, 0.4) is 0 Å². The number of nitrogens with one attached hydrogen (secondary N) is 2. The van der Waals surface area contributed by atoms with Gasteiger partial charge in [-0.15, -0.1) is 0 Å². The number of nitrogens with zero attached hydrogens (tertiary/aromatic N) is 2. The van der Waals surface area contributed by atoms with Gasteiger partial charge in [-0.1, -0.05) is 35.3 Å². The highest BCUT2D eigenvalue weighted by atomic mass is 35.5.